The van der Waals surface area contributed by atoms with Crippen LogP contribution >= 0.6 is 0 Å². The van der Waals surface area contributed by atoms with Gasteiger partial charge >= 0.3 is 0 Å². The molecule has 0 aromatic rings. The number of hydrogen-bond acceptors (Lipinski definition) is 0. The van der Waals surface area contributed by atoms with Crippen molar-refractivity contribution in [2.24, 2.45) is 11.8 Å². The summed E-state index contributed by atoms with van der Waals surface area (Å²) in [6, 6.07) is 0. The van der Waals surface area contributed by atoms with Gasteiger partial charge < -0.3 is 0 Å². The largest absolute Gasteiger partial charge is 0.0952 e. The van der Waals surface area contributed by atoms with Crippen molar-refractivity contribution in [1.82, 2.24) is 0 Å². The average molecular weight is 230 g/mol. The van der Waals surface area contributed by atoms with Gasteiger partial charge in [-0.25, -0.2) is 0 Å². The Bertz CT molecular complexity index is 359. The minimum Gasteiger partial charge on any atom is -0.0952 e. The van der Waals surface area contributed by atoms with Crippen molar-refractivity contribution in [3.8, 4) is 0 Å². The molecule has 1 aliphatic carbocycles. The molecule has 0 nitrogen and oxygen atoms in total. The molecule has 17 heavy (non-hydrogen) atoms. The van der Waals surface area contributed by atoms with E-state index in [2.05, 4.69) is 53.0 Å². The van der Waals surface area contributed by atoms with Crippen LogP contribution in [-0.4, -0.2) is 0 Å². The van der Waals surface area contributed by atoms with Gasteiger partial charge in [0.2, 0.25) is 0 Å². The minimum atomic E-state index is 0.601. The molecule has 0 fully saturated rings. The Morgan fingerprint density at radius 1 is 1.47 bits per heavy atom. The lowest BCUT2D eigenvalue weighted by Gasteiger charge is -2.15. The molecule has 0 bridgehead atoms. The molecule has 1 unspecified atom stereocenters. The molecular formula is C17H26. The van der Waals surface area contributed by atoms with Crippen LogP contribution in [0.3, 0.4) is 0 Å². The third-order valence-corrected chi connectivity index (χ3v) is 3.29. The number of allylic oxidation sites excluding steroid dienone is 6. The van der Waals surface area contributed by atoms with Crippen LogP contribution in [0.2, 0.25) is 0 Å². The summed E-state index contributed by atoms with van der Waals surface area (Å²) in [5.41, 5.74) is 5.30. The Balaban J connectivity index is 2.60. The number of rotatable bonds is 5. The molecule has 0 radical (unpaired) electrons. The second-order valence-electron chi connectivity index (χ2n) is 5.79. The third kappa shape index (κ3) is 4.03. The van der Waals surface area contributed by atoms with Gasteiger partial charge in [-0.2, -0.15) is 0 Å². The fraction of sp³-hybridized carbons (Fsp3) is 0.529. The predicted octanol–water partition coefficient (Wildman–Crippen LogP) is 5.45. The highest BCUT2D eigenvalue weighted by Crippen LogP contribution is 2.37. The van der Waals surface area contributed by atoms with Crippen molar-refractivity contribution in [1.29, 1.82) is 0 Å². The molecule has 0 aromatic heterocycles. The topological polar surface area (TPSA) is 0 Å². The summed E-state index contributed by atoms with van der Waals surface area (Å²) >= 11 is 0. The molecule has 0 aromatic carbocycles. The van der Waals surface area contributed by atoms with Gasteiger partial charge in [0.05, 0.1) is 0 Å². The van der Waals surface area contributed by atoms with E-state index in [0.29, 0.717) is 11.8 Å². The second-order valence-corrected chi connectivity index (χ2v) is 5.79. The summed E-state index contributed by atoms with van der Waals surface area (Å²) in [5.74, 6) is 1.27. The van der Waals surface area contributed by atoms with Crippen molar-refractivity contribution >= 4 is 0 Å². The Morgan fingerprint density at radius 3 is 2.65 bits per heavy atom. The molecule has 94 valence electrons. The zero-order valence-corrected chi connectivity index (χ0v) is 11.8. The molecule has 0 saturated carbocycles. The molecule has 1 atom stereocenters. The van der Waals surface area contributed by atoms with E-state index in [0.717, 1.165) is 19.3 Å². The summed E-state index contributed by atoms with van der Waals surface area (Å²) in [4.78, 5) is 0. The lowest BCUT2D eigenvalue weighted by atomic mass is 9.90. The maximum Gasteiger partial charge on any atom is -0.00924 e. The van der Waals surface area contributed by atoms with Crippen LogP contribution in [0.25, 0.3) is 0 Å². The van der Waals surface area contributed by atoms with Gasteiger partial charge in [0, 0.05) is 0 Å². The normalized spacial score (nSPS) is 19.5. The summed E-state index contributed by atoms with van der Waals surface area (Å²) < 4.78 is 0. The predicted molar refractivity (Wildman–Crippen MR) is 78.0 cm³/mol. The lowest BCUT2D eigenvalue weighted by Crippen LogP contribution is -2.00. The zero-order chi connectivity index (χ0) is 13.0. The molecular weight excluding hydrogens is 204 g/mol. The van der Waals surface area contributed by atoms with Gasteiger partial charge in [0.15, 0.2) is 0 Å². The van der Waals surface area contributed by atoms with Gasteiger partial charge in [-0.1, -0.05) is 44.7 Å². The number of hydrogen-bond donors (Lipinski definition) is 0. The fourth-order valence-corrected chi connectivity index (χ4v) is 2.34. The van der Waals surface area contributed by atoms with Crippen LogP contribution in [0, 0.1) is 11.8 Å². The first kappa shape index (κ1) is 14.0. The van der Waals surface area contributed by atoms with E-state index in [1.54, 1.807) is 0 Å². The molecule has 0 heterocycles. The zero-order valence-electron chi connectivity index (χ0n) is 11.8. The Kier molecular flexibility index (Phi) is 4.99. The van der Waals surface area contributed by atoms with Gasteiger partial charge in [-0.15, -0.1) is 0 Å². The molecule has 0 spiro atoms. The van der Waals surface area contributed by atoms with Crippen molar-refractivity contribution in [3.63, 3.8) is 0 Å². The van der Waals surface area contributed by atoms with Crippen molar-refractivity contribution < 1.29 is 0 Å². The SMILES string of the molecule is C=C(CC(C)C)C1=CCC(CC=C(C)C)C1=C. The maximum absolute atomic E-state index is 4.26. The van der Waals surface area contributed by atoms with Crippen LogP contribution in [0.5, 0.6) is 0 Å². The summed E-state index contributed by atoms with van der Waals surface area (Å²) in [7, 11) is 0. The highest BCUT2D eigenvalue weighted by Gasteiger charge is 2.22. The van der Waals surface area contributed by atoms with Crippen molar-refractivity contribution in [3.05, 3.63) is 47.6 Å². The monoisotopic (exact) mass is 230 g/mol. The molecule has 0 heteroatoms. The highest BCUT2D eigenvalue weighted by atomic mass is 14.3. The summed E-state index contributed by atoms with van der Waals surface area (Å²) in [6.45, 7) is 17.3. The first-order valence-corrected chi connectivity index (χ1v) is 6.62. The Morgan fingerprint density at radius 2 is 2.12 bits per heavy atom. The second kappa shape index (κ2) is 6.05. The summed E-state index contributed by atoms with van der Waals surface area (Å²) in [5, 5.41) is 0. The van der Waals surface area contributed by atoms with Gasteiger partial charge in [0.25, 0.3) is 0 Å². The van der Waals surface area contributed by atoms with Crippen molar-refractivity contribution in [2.45, 2.75) is 47.0 Å². The molecule has 1 rings (SSSR count). The summed E-state index contributed by atoms with van der Waals surface area (Å²) in [6.07, 6.45) is 7.99. The van der Waals surface area contributed by atoms with Gasteiger partial charge in [0.1, 0.15) is 0 Å². The first-order chi connectivity index (χ1) is 7.91. The van der Waals surface area contributed by atoms with Crippen LogP contribution in [0.15, 0.2) is 47.6 Å². The molecule has 1 aliphatic rings. The van der Waals surface area contributed by atoms with Crippen LogP contribution in [0.1, 0.15) is 47.0 Å². The van der Waals surface area contributed by atoms with E-state index in [9.17, 15) is 0 Å². The first-order valence-electron chi connectivity index (χ1n) is 6.62. The standard InChI is InChI=1S/C17H26/c1-12(2)7-8-16-9-10-17(15(16)6)14(5)11-13(3)4/h7,10,13,16H,5-6,8-9,11H2,1-4H3. The van der Waals surface area contributed by atoms with E-state index in [4.69, 9.17) is 0 Å². The van der Waals surface area contributed by atoms with E-state index >= 15 is 0 Å². The Hall–Kier alpha value is -1.04. The van der Waals surface area contributed by atoms with Gasteiger partial charge in [-0.05, 0) is 61.7 Å². The molecule has 0 aliphatic heterocycles. The molecule has 0 saturated heterocycles. The molecule has 0 N–H and O–H groups in total. The van der Waals surface area contributed by atoms with E-state index in [-0.39, 0.29) is 0 Å². The van der Waals surface area contributed by atoms with Gasteiger partial charge in [-0.3, -0.25) is 0 Å². The van der Waals surface area contributed by atoms with Crippen LogP contribution in [-0.2, 0) is 0 Å². The highest BCUT2D eigenvalue weighted by molar-refractivity contribution is 5.49. The third-order valence-electron chi connectivity index (χ3n) is 3.29. The Labute approximate surface area is 107 Å². The fourth-order valence-electron chi connectivity index (χ4n) is 2.34. The average Bonchev–Trinajstić information content (AvgIpc) is 2.55. The lowest BCUT2D eigenvalue weighted by molar-refractivity contribution is 0.642. The van der Waals surface area contributed by atoms with E-state index in [1.807, 2.05) is 0 Å². The smallest absolute Gasteiger partial charge is 0.00924 e. The van der Waals surface area contributed by atoms with E-state index in [1.165, 1.54) is 22.3 Å². The quantitative estimate of drug-likeness (QED) is 0.551. The minimum absolute atomic E-state index is 0.601. The maximum atomic E-state index is 4.26. The van der Waals surface area contributed by atoms with Crippen LogP contribution in [0.4, 0.5) is 0 Å². The van der Waals surface area contributed by atoms with E-state index < -0.39 is 0 Å². The molecule has 0 amide bonds. The van der Waals surface area contributed by atoms with Crippen molar-refractivity contribution in [2.75, 3.05) is 0 Å². The van der Waals surface area contributed by atoms with Crippen LogP contribution < -0.4 is 0 Å².